The lowest BCUT2D eigenvalue weighted by molar-refractivity contribution is -0.132. The minimum absolute atomic E-state index is 0.218. The molecule has 1 aromatic carbocycles. The Bertz CT molecular complexity index is 773. The number of nitrogens with zero attached hydrogens (tertiary/aromatic N) is 1. The van der Waals surface area contributed by atoms with Gasteiger partial charge in [0.25, 0.3) is 5.91 Å². The SMILES string of the molecule is CC1(c2ccco2)NC(=O)N(CC(O)c2c(F)cccc2F)C1=O. The van der Waals surface area contributed by atoms with Gasteiger partial charge in [-0.15, -0.1) is 0 Å². The van der Waals surface area contributed by atoms with Crippen LogP contribution in [0.25, 0.3) is 0 Å². The molecule has 0 aliphatic carbocycles. The first-order valence-corrected chi connectivity index (χ1v) is 7.14. The van der Waals surface area contributed by atoms with Crippen molar-refractivity contribution in [2.24, 2.45) is 0 Å². The average Bonchev–Trinajstić information content (AvgIpc) is 3.12. The Hall–Kier alpha value is -2.74. The second kappa shape index (κ2) is 5.72. The van der Waals surface area contributed by atoms with Gasteiger partial charge in [0.1, 0.15) is 23.5 Å². The highest BCUT2D eigenvalue weighted by molar-refractivity contribution is 6.06. The largest absolute Gasteiger partial charge is 0.466 e. The zero-order valence-electron chi connectivity index (χ0n) is 12.6. The molecule has 1 fully saturated rings. The number of imide groups is 1. The van der Waals surface area contributed by atoms with E-state index >= 15 is 0 Å². The van der Waals surface area contributed by atoms with Gasteiger partial charge < -0.3 is 14.8 Å². The molecule has 0 radical (unpaired) electrons. The van der Waals surface area contributed by atoms with Crippen molar-refractivity contribution in [1.29, 1.82) is 0 Å². The maximum absolute atomic E-state index is 13.7. The maximum Gasteiger partial charge on any atom is 0.325 e. The molecule has 1 saturated heterocycles. The Morgan fingerprint density at radius 3 is 2.50 bits per heavy atom. The van der Waals surface area contributed by atoms with Gasteiger partial charge in [-0.05, 0) is 31.2 Å². The second-order valence-electron chi connectivity index (χ2n) is 5.60. The molecule has 1 aliphatic heterocycles. The standard InChI is InChI=1S/C16H14F2N2O4/c1-16(12-6-3-7-24-12)14(22)20(15(23)19-16)8-11(21)13-9(17)4-2-5-10(13)18/h2-7,11,21H,8H2,1H3,(H,19,23). The first-order valence-electron chi connectivity index (χ1n) is 7.14. The van der Waals surface area contributed by atoms with Gasteiger partial charge in [-0.25, -0.2) is 13.6 Å². The number of nitrogens with one attached hydrogen (secondary N) is 1. The molecular weight excluding hydrogens is 322 g/mol. The molecule has 24 heavy (non-hydrogen) atoms. The van der Waals surface area contributed by atoms with Crippen LogP contribution in [0.3, 0.4) is 0 Å². The molecule has 6 nitrogen and oxygen atoms in total. The van der Waals surface area contributed by atoms with Crippen LogP contribution in [0, 0.1) is 11.6 Å². The van der Waals surface area contributed by atoms with Crippen molar-refractivity contribution in [3.63, 3.8) is 0 Å². The van der Waals surface area contributed by atoms with Crippen molar-refractivity contribution in [1.82, 2.24) is 10.2 Å². The number of aliphatic hydroxyl groups excluding tert-OH is 1. The Balaban J connectivity index is 1.86. The first kappa shape index (κ1) is 16.1. The fourth-order valence-electron chi connectivity index (χ4n) is 2.69. The summed E-state index contributed by atoms with van der Waals surface area (Å²) < 4.78 is 32.6. The Labute approximate surface area is 135 Å². The lowest BCUT2D eigenvalue weighted by atomic mass is 9.99. The molecule has 2 N–H and O–H groups in total. The molecule has 126 valence electrons. The smallest absolute Gasteiger partial charge is 0.325 e. The van der Waals surface area contributed by atoms with Gasteiger partial charge in [0.15, 0.2) is 5.54 Å². The summed E-state index contributed by atoms with van der Waals surface area (Å²) in [7, 11) is 0. The number of furan rings is 1. The van der Waals surface area contributed by atoms with E-state index in [2.05, 4.69) is 5.32 Å². The highest BCUT2D eigenvalue weighted by Crippen LogP contribution is 2.31. The number of β-amino-alcohol motifs (C(OH)–C–C–N with tert-alkyl or cyclic N) is 1. The highest BCUT2D eigenvalue weighted by atomic mass is 19.1. The lowest BCUT2D eigenvalue weighted by Crippen LogP contribution is -2.41. The number of rotatable bonds is 4. The molecule has 0 spiro atoms. The summed E-state index contributed by atoms with van der Waals surface area (Å²) in [6.07, 6.45) is -0.341. The number of carbonyl (C=O) groups excluding carboxylic acids is 2. The van der Waals surface area contributed by atoms with Crippen molar-refractivity contribution in [3.05, 3.63) is 59.6 Å². The highest BCUT2D eigenvalue weighted by Gasteiger charge is 2.51. The number of urea groups is 1. The third-order valence-electron chi connectivity index (χ3n) is 3.98. The quantitative estimate of drug-likeness (QED) is 0.837. The van der Waals surface area contributed by atoms with Crippen LogP contribution in [0.5, 0.6) is 0 Å². The van der Waals surface area contributed by atoms with Crippen LogP contribution in [0.1, 0.15) is 24.4 Å². The number of benzene rings is 1. The summed E-state index contributed by atoms with van der Waals surface area (Å²) >= 11 is 0. The Kier molecular flexibility index (Phi) is 3.84. The van der Waals surface area contributed by atoms with Gasteiger partial charge in [-0.3, -0.25) is 9.69 Å². The minimum Gasteiger partial charge on any atom is -0.466 e. The van der Waals surface area contributed by atoms with Crippen molar-refractivity contribution < 1.29 is 27.9 Å². The predicted molar refractivity (Wildman–Crippen MR) is 77.6 cm³/mol. The molecular formula is C16H14F2N2O4. The van der Waals surface area contributed by atoms with Crippen LogP contribution in [0.2, 0.25) is 0 Å². The van der Waals surface area contributed by atoms with E-state index in [1.807, 2.05) is 0 Å². The van der Waals surface area contributed by atoms with Gasteiger partial charge in [0.05, 0.1) is 18.4 Å². The van der Waals surface area contributed by atoms with E-state index < -0.39 is 47.3 Å². The van der Waals surface area contributed by atoms with Crippen molar-refractivity contribution in [2.75, 3.05) is 6.54 Å². The molecule has 2 heterocycles. The second-order valence-corrected chi connectivity index (χ2v) is 5.60. The molecule has 8 heteroatoms. The number of aliphatic hydroxyl groups is 1. The van der Waals surface area contributed by atoms with E-state index in [1.54, 1.807) is 6.07 Å². The number of amides is 3. The topological polar surface area (TPSA) is 82.8 Å². The van der Waals surface area contributed by atoms with E-state index in [4.69, 9.17) is 4.42 Å². The van der Waals surface area contributed by atoms with Crippen LogP contribution in [-0.2, 0) is 10.3 Å². The molecule has 1 aromatic heterocycles. The third-order valence-corrected chi connectivity index (χ3v) is 3.98. The molecule has 2 aromatic rings. The summed E-state index contributed by atoms with van der Waals surface area (Å²) in [5.41, 5.74) is -2.03. The van der Waals surface area contributed by atoms with Gasteiger partial charge in [0, 0.05) is 0 Å². The van der Waals surface area contributed by atoms with E-state index in [0.29, 0.717) is 4.90 Å². The summed E-state index contributed by atoms with van der Waals surface area (Å²) in [6, 6.07) is 5.43. The fourth-order valence-corrected chi connectivity index (χ4v) is 2.69. The normalized spacial score (nSPS) is 21.9. The number of hydrogen-bond acceptors (Lipinski definition) is 4. The van der Waals surface area contributed by atoms with Crippen molar-refractivity contribution >= 4 is 11.9 Å². The van der Waals surface area contributed by atoms with Crippen molar-refractivity contribution in [2.45, 2.75) is 18.6 Å². The third kappa shape index (κ3) is 2.44. The fraction of sp³-hybridized carbons (Fsp3) is 0.250. The van der Waals surface area contributed by atoms with Gasteiger partial charge in [-0.1, -0.05) is 6.07 Å². The predicted octanol–water partition coefficient (Wildman–Crippen LogP) is 2.06. The number of carbonyl (C=O) groups is 2. The minimum atomic E-state index is -1.69. The van der Waals surface area contributed by atoms with Gasteiger partial charge in [-0.2, -0.15) is 0 Å². The average molecular weight is 336 g/mol. The monoisotopic (exact) mass is 336 g/mol. The molecule has 1 aliphatic rings. The van der Waals surface area contributed by atoms with E-state index in [0.717, 1.165) is 18.2 Å². The van der Waals surface area contributed by atoms with Crippen LogP contribution in [0.15, 0.2) is 41.0 Å². The van der Waals surface area contributed by atoms with Crippen LogP contribution in [0.4, 0.5) is 13.6 Å². The Morgan fingerprint density at radius 2 is 1.92 bits per heavy atom. The van der Waals surface area contributed by atoms with E-state index in [9.17, 15) is 23.5 Å². The van der Waals surface area contributed by atoms with E-state index in [-0.39, 0.29) is 5.76 Å². The maximum atomic E-state index is 13.7. The summed E-state index contributed by atoms with van der Waals surface area (Å²) in [5, 5.41) is 12.6. The molecule has 2 atom stereocenters. The summed E-state index contributed by atoms with van der Waals surface area (Å²) in [5.74, 6) is -2.38. The van der Waals surface area contributed by atoms with Crippen LogP contribution in [-0.4, -0.2) is 28.5 Å². The van der Waals surface area contributed by atoms with Crippen LogP contribution < -0.4 is 5.32 Å². The van der Waals surface area contributed by atoms with E-state index in [1.165, 1.54) is 19.3 Å². The number of hydrogen-bond donors (Lipinski definition) is 2. The van der Waals surface area contributed by atoms with Crippen LogP contribution >= 0.6 is 0 Å². The summed E-state index contributed by atoms with van der Waals surface area (Å²) in [6.45, 7) is 0.862. The van der Waals surface area contributed by atoms with Gasteiger partial charge in [0.2, 0.25) is 0 Å². The molecule has 2 unspecified atom stereocenters. The molecule has 3 amide bonds. The zero-order chi connectivity index (χ0) is 17.5. The Morgan fingerprint density at radius 1 is 1.25 bits per heavy atom. The van der Waals surface area contributed by atoms with Gasteiger partial charge >= 0.3 is 6.03 Å². The molecule has 3 rings (SSSR count). The summed E-state index contributed by atoms with van der Waals surface area (Å²) in [4.78, 5) is 25.4. The molecule has 0 saturated carbocycles. The zero-order valence-corrected chi connectivity index (χ0v) is 12.6. The number of halogens is 2. The lowest BCUT2D eigenvalue weighted by Gasteiger charge is -2.21. The first-order chi connectivity index (χ1) is 11.3. The van der Waals surface area contributed by atoms with Crippen molar-refractivity contribution in [3.8, 4) is 0 Å². The molecule has 0 bridgehead atoms.